The Kier molecular flexibility index (Phi) is 1.08. The van der Waals surface area contributed by atoms with Crippen LogP contribution >= 0.6 is 0 Å². The van der Waals surface area contributed by atoms with E-state index in [0.717, 1.165) is 6.73 Å². The van der Waals surface area contributed by atoms with Crippen molar-refractivity contribution < 1.29 is 4.74 Å². The Morgan fingerprint density at radius 3 is 2.56 bits per heavy atom. The van der Waals surface area contributed by atoms with Crippen molar-refractivity contribution in [1.29, 1.82) is 0 Å². The summed E-state index contributed by atoms with van der Waals surface area (Å²) >= 11 is 0. The number of hydrogen-bond donors (Lipinski definition) is 0. The number of ether oxygens (including phenoxy) is 1. The molecule has 2 rings (SSSR count). The molecule has 9 heavy (non-hydrogen) atoms. The maximum Gasteiger partial charge on any atom is 0.0995 e. The third-order valence-corrected chi connectivity index (χ3v) is 2.35. The van der Waals surface area contributed by atoms with Gasteiger partial charge in [-0.25, -0.2) is 0 Å². The van der Waals surface area contributed by atoms with Gasteiger partial charge in [0.15, 0.2) is 0 Å². The van der Waals surface area contributed by atoms with Crippen LogP contribution in [0.15, 0.2) is 0 Å². The van der Waals surface area contributed by atoms with E-state index in [2.05, 4.69) is 11.9 Å². The first-order valence-corrected chi connectivity index (χ1v) is 3.63. The fourth-order valence-corrected chi connectivity index (χ4v) is 1.31. The Labute approximate surface area is 55.8 Å². The number of nitrogens with zero attached hydrogens (tertiary/aromatic N) is 1. The monoisotopic (exact) mass is 127 g/mol. The Hall–Kier alpha value is -0.0800. The van der Waals surface area contributed by atoms with Crippen LogP contribution in [0.3, 0.4) is 0 Å². The highest BCUT2D eigenvalue weighted by Gasteiger charge is 2.45. The van der Waals surface area contributed by atoms with Crippen LogP contribution < -0.4 is 0 Å². The third kappa shape index (κ3) is 0.970. The lowest BCUT2D eigenvalue weighted by Crippen LogP contribution is -2.36. The molecule has 0 aromatic carbocycles. The molecule has 0 aromatic heterocycles. The maximum atomic E-state index is 5.61. The van der Waals surface area contributed by atoms with Crippen molar-refractivity contribution in [3.8, 4) is 0 Å². The van der Waals surface area contributed by atoms with Gasteiger partial charge in [-0.1, -0.05) is 0 Å². The molecule has 0 unspecified atom stereocenters. The largest absolute Gasteiger partial charge is 0.360 e. The fraction of sp³-hybridized carbons (Fsp3) is 1.00. The van der Waals surface area contributed by atoms with Crippen LogP contribution in [-0.2, 0) is 4.74 Å². The number of rotatable bonds is 0. The molecule has 1 saturated carbocycles. The van der Waals surface area contributed by atoms with Gasteiger partial charge in [-0.2, -0.15) is 0 Å². The van der Waals surface area contributed by atoms with E-state index < -0.39 is 0 Å². The minimum Gasteiger partial charge on any atom is -0.360 e. The summed E-state index contributed by atoms with van der Waals surface area (Å²) in [7, 11) is 2.11. The first-order chi connectivity index (χ1) is 4.31. The van der Waals surface area contributed by atoms with Crippen molar-refractivity contribution in [1.82, 2.24) is 4.90 Å². The lowest BCUT2D eigenvalue weighted by Gasteiger charge is -2.29. The molecule has 0 N–H and O–H groups in total. The first-order valence-electron chi connectivity index (χ1n) is 3.63. The Balaban J connectivity index is 1.91. The highest BCUT2D eigenvalue weighted by Crippen LogP contribution is 2.44. The van der Waals surface area contributed by atoms with E-state index in [1.54, 1.807) is 0 Å². The summed E-state index contributed by atoms with van der Waals surface area (Å²) in [4.78, 5) is 2.23. The van der Waals surface area contributed by atoms with Gasteiger partial charge < -0.3 is 4.74 Å². The molecule has 0 radical (unpaired) electrons. The molecule has 0 atom stereocenters. The van der Waals surface area contributed by atoms with E-state index >= 15 is 0 Å². The molecule has 0 amide bonds. The molecule has 2 aliphatic rings. The first kappa shape index (κ1) is 5.69. The SMILES string of the molecule is CN1CCC2(CC2)OC1. The Bertz CT molecular complexity index is 110. The van der Waals surface area contributed by atoms with Crippen LogP contribution in [0.4, 0.5) is 0 Å². The zero-order valence-corrected chi connectivity index (χ0v) is 5.89. The van der Waals surface area contributed by atoms with E-state index in [1.165, 1.54) is 25.8 Å². The van der Waals surface area contributed by atoms with Crippen molar-refractivity contribution in [2.75, 3.05) is 20.3 Å². The normalized spacial score (nSPS) is 33.0. The summed E-state index contributed by atoms with van der Waals surface area (Å²) in [5, 5.41) is 0. The topological polar surface area (TPSA) is 12.5 Å². The maximum absolute atomic E-state index is 5.61. The molecule has 2 heteroatoms. The van der Waals surface area contributed by atoms with Gasteiger partial charge in [-0.05, 0) is 26.3 Å². The molecular weight excluding hydrogens is 114 g/mol. The minimum atomic E-state index is 0.368. The van der Waals surface area contributed by atoms with Gasteiger partial charge in [0.2, 0.25) is 0 Å². The summed E-state index contributed by atoms with van der Waals surface area (Å²) in [5.41, 5.74) is 0.368. The van der Waals surface area contributed by atoms with Gasteiger partial charge in [0.1, 0.15) is 0 Å². The molecule has 1 spiro atoms. The molecule has 0 aromatic rings. The standard InChI is InChI=1S/C7H13NO/c1-8-5-4-7(2-3-7)9-6-8/h2-6H2,1H3. The van der Waals surface area contributed by atoms with Crippen molar-refractivity contribution in [3.63, 3.8) is 0 Å². The van der Waals surface area contributed by atoms with Crippen molar-refractivity contribution >= 4 is 0 Å². The summed E-state index contributed by atoms with van der Waals surface area (Å²) in [6.07, 6.45) is 3.87. The van der Waals surface area contributed by atoms with Crippen molar-refractivity contribution in [2.24, 2.45) is 0 Å². The van der Waals surface area contributed by atoms with Gasteiger partial charge in [0, 0.05) is 6.54 Å². The lowest BCUT2D eigenvalue weighted by atomic mass is 10.2. The van der Waals surface area contributed by atoms with Crippen LogP contribution in [0, 0.1) is 0 Å². The molecule has 1 aliphatic heterocycles. The van der Waals surface area contributed by atoms with Crippen LogP contribution in [0.2, 0.25) is 0 Å². The van der Waals surface area contributed by atoms with E-state index in [-0.39, 0.29) is 0 Å². The van der Waals surface area contributed by atoms with E-state index in [1.807, 2.05) is 0 Å². The van der Waals surface area contributed by atoms with Gasteiger partial charge in [-0.15, -0.1) is 0 Å². The highest BCUT2D eigenvalue weighted by molar-refractivity contribution is 4.97. The lowest BCUT2D eigenvalue weighted by molar-refractivity contribution is -0.0737. The van der Waals surface area contributed by atoms with Crippen molar-refractivity contribution in [2.45, 2.75) is 24.9 Å². The van der Waals surface area contributed by atoms with Crippen molar-refractivity contribution in [3.05, 3.63) is 0 Å². The Morgan fingerprint density at radius 2 is 2.11 bits per heavy atom. The molecule has 2 nitrogen and oxygen atoms in total. The minimum absolute atomic E-state index is 0.368. The summed E-state index contributed by atoms with van der Waals surface area (Å²) in [6.45, 7) is 2.07. The van der Waals surface area contributed by atoms with E-state index in [4.69, 9.17) is 4.74 Å². The predicted molar refractivity (Wildman–Crippen MR) is 35.2 cm³/mol. The molecule has 0 bridgehead atoms. The fourth-order valence-electron chi connectivity index (χ4n) is 1.31. The van der Waals surface area contributed by atoms with Crippen LogP contribution in [0.25, 0.3) is 0 Å². The molecular formula is C7H13NO. The van der Waals surface area contributed by atoms with E-state index in [9.17, 15) is 0 Å². The summed E-state index contributed by atoms with van der Waals surface area (Å²) in [5.74, 6) is 0. The Morgan fingerprint density at radius 1 is 1.33 bits per heavy atom. The zero-order chi connectivity index (χ0) is 6.32. The van der Waals surface area contributed by atoms with Gasteiger partial charge >= 0.3 is 0 Å². The second kappa shape index (κ2) is 1.70. The molecule has 1 heterocycles. The number of hydrogen-bond acceptors (Lipinski definition) is 2. The zero-order valence-electron chi connectivity index (χ0n) is 5.89. The second-order valence-corrected chi connectivity index (χ2v) is 3.29. The summed E-state index contributed by atoms with van der Waals surface area (Å²) in [6, 6.07) is 0. The van der Waals surface area contributed by atoms with Gasteiger partial charge in [-0.3, -0.25) is 4.90 Å². The van der Waals surface area contributed by atoms with Gasteiger partial charge in [0.25, 0.3) is 0 Å². The highest BCUT2D eigenvalue weighted by atomic mass is 16.5. The van der Waals surface area contributed by atoms with Crippen LogP contribution in [-0.4, -0.2) is 30.8 Å². The second-order valence-electron chi connectivity index (χ2n) is 3.29. The van der Waals surface area contributed by atoms with Gasteiger partial charge in [0.05, 0.1) is 12.3 Å². The molecule has 2 fully saturated rings. The summed E-state index contributed by atoms with van der Waals surface area (Å²) < 4.78 is 5.61. The third-order valence-electron chi connectivity index (χ3n) is 2.35. The van der Waals surface area contributed by atoms with E-state index in [0.29, 0.717) is 5.60 Å². The smallest absolute Gasteiger partial charge is 0.0995 e. The molecule has 1 aliphatic carbocycles. The average Bonchev–Trinajstić information content (AvgIpc) is 2.60. The molecule has 52 valence electrons. The predicted octanol–water partition coefficient (Wildman–Crippen LogP) is 0.829. The average molecular weight is 127 g/mol. The quantitative estimate of drug-likeness (QED) is 0.478. The van der Waals surface area contributed by atoms with Crippen LogP contribution in [0.5, 0.6) is 0 Å². The molecule has 1 saturated heterocycles. The van der Waals surface area contributed by atoms with Crippen LogP contribution in [0.1, 0.15) is 19.3 Å².